The van der Waals surface area contributed by atoms with Gasteiger partial charge in [-0.15, -0.1) is 0 Å². The van der Waals surface area contributed by atoms with E-state index >= 15 is 0 Å². The summed E-state index contributed by atoms with van der Waals surface area (Å²) in [6.45, 7) is 7.45. The fourth-order valence-corrected chi connectivity index (χ4v) is 1.65. The Morgan fingerprint density at radius 1 is 1.25 bits per heavy atom. The lowest BCUT2D eigenvalue weighted by atomic mass is 10.5. The standard InChI is InChI=1S/C11H18N8O/c1-3-18(4-2)5-6-20-11-16-9(12)15-10(17-11)19-8-13-7-14-19/h7-8H,3-6H2,1-2H3,(H2,12,15,16,17). The molecule has 2 heterocycles. The highest BCUT2D eigenvalue weighted by atomic mass is 16.5. The van der Waals surface area contributed by atoms with E-state index in [1.54, 1.807) is 0 Å². The van der Waals surface area contributed by atoms with Gasteiger partial charge in [0.25, 0.3) is 5.95 Å². The highest BCUT2D eigenvalue weighted by Crippen LogP contribution is 2.07. The van der Waals surface area contributed by atoms with Gasteiger partial charge in [-0.25, -0.2) is 4.98 Å². The second-order valence-corrected chi connectivity index (χ2v) is 3.99. The maximum atomic E-state index is 5.64. The Balaban J connectivity index is 2.02. The Bertz CT molecular complexity index is 525. The zero-order chi connectivity index (χ0) is 14.4. The van der Waals surface area contributed by atoms with Crippen molar-refractivity contribution in [3.8, 4) is 12.0 Å². The van der Waals surface area contributed by atoms with Crippen LogP contribution in [0.5, 0.6) is 6.01 Å². The molecular formula is C11H18N8O. The molecule has 0 aromatic carbocycles. The maximum Gasteiger partial charge on any atom is 0.323 e. The summed E-state index contributed by atoms with van der Waals surface area (Å²) in [5, 5.41) is 3.94. The lowest BCUT2D eigenvalue weighted by Gasteiger charge is -2.17. The van der Waals surface area contributed by atoms with Crippen molar-refractivity contribution >= 4 is 5.95 Å². The van der Waals surface area contributed by atoms with Gasteiger partial charge in [-0.3, -0.25) is 0 Å². The van der Waals surface area contributed by atoms with Crippen LogP contribution in [0.15, 0.2) is 12.7 Å². The molecule has 9 heteroatoms. The first kappa shape index (κ1) is 14.1. The minimum Gasteiger partial charge on any atom is -0.462 e. The van der Waals surface area contributed by atoms with Crippen molar-refractivity contribution in [1.82, 2.24) is 34.6 Å². The average molecular weight is 278 g/mol. The molecule has 0 atom stereocenters. The van der Waals surface area contributed by atoms with E-state index in [1.165, 1.54) is 17.3 Å². The molecule has 0 fully saturated rings. The Kier molecular flexibility index (Phi) is 4.77. The molecule has 0 spiro atoms. The van der Waals surface area contributed by atoms with E-state index in [9.17, 15) is 0 Å². The van der Waals surface area contributed by atoms with Crippen molar-refractivity contribution in [3.63, 3.8) is 0 Å². The van der Waals surface area contributed by atoms with E-state index in [4.69, 9.17) is 10.5 Å². The summed E-state index contributed by atoms with van der Waals surface area (Å²) in [5.41, 5.74) is 5.64. The molecule has 0 aliphatic heterocycles. The molecule has 0 amide bonds. The van der Waals surface area contributed by atoms with Crippen LogP contribution in [0.1, 0.15) is 13.8 Å². The van der Waals surface area contributed by atoms with E-state index < -0.39 is 0 Å². The van der Waals surface area contributed by atoms with Gasteiger partial charge in [0.05, 0.1) is 0 Å². The average Bonchev–Trinajstić information content (AvgIpc) is 2.97. The molecule has 20 heavy (non-hydrogen) atoms. The van der Waals surface area contributed by atoms with Crippen LogP contribution in [0.2, 0.25) is 0 Å². The van der Waals surface area contributed by atoms with Crippen LogP contribution in [-0.2, 0) is 0 Å². The van der Waals surface area contributed by atoms with Gasteiger partial charge in [-0.05, 0) is 13.1 Å². The fourth-order valence-electron chi connectivity index (χ4n) is 1.65. The van der Waals surface area contributed by atoms with E-state index in [2.05, 4.69) is 43.8 Å². The summed E-state index contributed by atoms with van der Waals surface area (Å²) >= 11 is 0. The lowest BCUT2D eigenvalue weighted by molar-refractivity contribution is 0.212. The first-order valence-electron chi connectivity index (χ1n) is 6.44. The summed E-state index contributed by atoms with van der Waals surface area (Å²) in [7, 11) is 0. The Morgan fingerprint density at radius 3 is 2.70 bits per heavy atom. The minimum absolute atomic E-state index is 0.0864. The SMILES string of the molecule is CCN(CC)CCOc1nc(N)nc(-n2cncn2)n1. The van der Waals surface area contributed by atoms with Gasteiger partial charge in [0.2, 0.25) is 5.95 Å². The fraction of sp³-hybridized carbons (Fsp3) is 0.545. The zero-order valence-corrected chi connectivity index (χ0v) is 11.6. The normalized spacial score (nSPS) is 10.9. The Hall–Kier alpha value is -2.29. The van der Waals surface area contributed by atoms with Gasteiger partial charge in [-0.1, -0.05) is 13.8 Å². The summed E-state index contributed by atoms with van der Waals surface area (Å²) < 4.78 is 6.91. The van der Waals surface area contributed by atoms with Crippen LogP contribution < -0.4 is 10.5 Å². The Labute approximate surface area is 116 Å². The number of anilines is 1. The molecule has 2 N–H and O–H groups in total. The number of likely N-dealkylation sites (N-methyl/N-ethyl adjacent to an activating group) is 1. The van der Waals surface area contributed by atoms with E-state index in [0.717, 1.165) is 19.6 Å². The molecule has 2 aromatic rings. The van der Waals surface area contributed by atoms with Gasteiger partial charge in [0.15, 0.2) is 0 Å². The maximum absolute atomic E-state index is 5.64. The zero-order valence-electron chi connectivity index (χ0n) is 11.6. The molecular weight excluding hydrogens is 260 g/mol. The first-order valence-corrected chi connectivity index (χ1v) is 6.44. The van der Waals surface area contributed by atoms with Gasteiger partial charge in [0, 0.05) is 6.54 Å². The Morgan fingerprint density at radius 2 is 2.05 bits per heavy atom. The van der Waals surface area contributed by atoms with Crippen molar-refractivity contribution < 1.29 is 4.74 Å². The second-order valence-electron chi connectivity index (χ2n) is 3.99. The highest BCUT2D eigenvalue weighted by molar-refractivity contribution is 5.23. The highest BCUT2D eigenvalue weighted by Gasteiger charge is 2.08. The number of hydrogen-bond acceptors (Lipinski definition) is 8. The van der Waals surface area contributed by atoms with Gasteiger partial charge >= 0.3 is 6.01 Å². The molecule has 9 nitrogen and oxygen atoms in total. The third-order valence-corrected chi connectivity index (χ3v) is 2.78. The lowest BCUT2D eigenvalue weighted by Crippen LogP contribution is -2.28. The molecule has 0 unspecified atom stereocenters. The second kappa shape index (κ2) is 6.75. The van der Waals surface area contributed by atoms with Gasteiger partial charge < -0.3 is 15.4 Å². The summed E-state index contributed by atoms with van der Waals surface area (Å²) in [4.78, 5) is 18.1. The van der Waals surface area contributed by atoms with Crippen molar-refractivity contribution in [3.05, 3.63) is 12.7 Å². The van der Waals surface area contributed by atoms with Crippen LogP contribution in [0.3, 0.4) is 0 Å². The molecule has 108 valence electrons. The van der Waals surface area contributed by atoms with Crippen LogP contribution in [-0.4, -0.2) is 60.9 Å². The first-order chi connectivity index (χ1) is 9.72. The van der Waals surface area contributed by atoms with E-state index in [-0.39, 0.29) is 17.9 Å². The van der Waals surface area contributed by atoms with E-state index in [0.29, 0.717) is 6.61 Å². The van der Waals surface area contributed by atoms with Gasteiger partial charge in [-0.2, -0.15) is 24.7 Å². The van der Waals surface area contributed by atoms with Crippen molar-refractivity contribution in [2.45, 2.75) is 13.8 Å². The van der Waals surface area contributed by atoms with Crippen molar-refractivity contribution in [2.24, 2.45) is 0 Å². The third-order valence-electron chi connectivity index (χ3n) is 2.78. The number of rotatable bonds is 7. The number of hydrogen-bond donors (Lipinski definition) is 1. The summed E-state index contributed by atoms with van der Waals surface area (Å²) in [6.07, 6.45) is 2.87. The quantitative estimate of drug-likeness (QED) is 0.739. The number of nitrogen functional groups attached to an aromatic ring is 1. The van der Waals surface area contributed by atoms with Gasteiger partial charge in [0.1, 0.15) is 19.3 Å². The van der Waals surface area contributed by atoms with Crippen LogP contribution >= 0.6 is 0 Å². The molecule has 0 bridgehead atoms. The number of nitrogens with two attached hydrogens (primary N) is 1. The van der Waals surface area contributed by atoms with E-state index in [1.807, 2.05) is 0 Å². The smallest absolute Gasteiger partial charge is 0.323 e. The number of ether oxygens (including phenoxy) is 1. The topological polar surface area (TPSA) is 108 Å². The molecule has 0 saturated carbocycles. The number of aromatic nitrogens is 6. The number of nitrogens with zero attached hydrogens (tertiary/aromatic N) is 7. The predicted octanol–water partition coefficient (Wildman–Crippen LogP) is -0.245. The third kappa shape index (κ3) is 3.60. The predicted molar refractivity (Wildman–Crippen MR) is 72.4 cm³/mol. The molecule has 2 rings (SSSR count). The largest absolute Gasteiger partial charge is 0.462 e. The molecule has 0 aliphatic carbocycles. The van der Waals surface area contributed by atoms with Crippen molar-refractivity contribution in [1.29, 1.82) is 0 Å². The molecule has 0 saturated heterocycles. The van der Waals surface area contributed by atoms with Crippen LogP contribution in [0.25, 0.3) is 5.95 Å². The summed E-state index contributed by atoms with van der Waals surface area (Å²) in [6, 6.07) is 0.190. The molecule has 2 aromatic heterocycles. The van der Waals surface area contributed by atoms with Crippen LogP contribution in [0.4, 0.5) is 5.95 Å². The van der Waals surface area contributed by atoms with Crippen LogP contribution in [0, 0.1) is 0 Å². The molecule has 0 aliphatic rings. The minimum atomic E-state index is 0.0864. The molecule has 0 radical (unpaired) electrons. The van der Waals surface area contributed by atoms with Crippen molar-refractivity contribution in [2.75, 3.05) is 32.0 Å². The monoisotopic (exact) mass is 278 g/mol. The summed E-state index contributed by atoms with van der Waals surface area (Å²) in [5.74, 6) is 0.371.